The number of carbonyl (C=O) groups excluding carboxylic acids is 9. The number of amides is 7. The second-order valence-corrected chi connectivity index (χ2v) is 16.5. The van der Waals surface area contributed by atoms with Crippen LogP contribution in [0.1, 0.15) is 83.3 Å². The monoisotopic (exact) mass is 875 g/mol. The first-order chi connectivity index (χ1) is 29.8. The van der Waals surface area contributed by atoms with Crippen molar-refractivity contribution in [2.24, 2.45) is 11.1 Å². The number of benzene rings is 2. The van der Waals surface area contributed by atoms with E-state index >= 15 is 0 Å². The molecule has 7 amide bonds. The molecule has 2 aromatic rings. The number of piperidine rings is 1. The van der Waals surface area contributed by atoms with Crippen molar-refractivity contribution >= 4 is 59.1 Å². The third kappa shape index (κ3) is 15.0. The van der Waals surface area contributed by atoms with Crippen LogP contribution in [-0.4, -0.2) is 118 Å². The van der Waals surface area contributed by atoms with Gasteiger partial charge in [0.1, 0.15) is 36.8 Å². The molecule has 340 valence electrons. The number of Topliss-reactive ketones (excluding diaryl/α,β-unsaturated/α-hetero) is 1. The molecular weight excluding hydrogens is 819 g/mol. The maximum Gasteiger partial charge on any atom is 0.328 e. The van der Waals surface area contributed by atoms with E-state index in [-0.39, 0.29) is 45.1 Å². The Morgan fingerprint density at radius 1 is 0.762 bits per heavy atom. The zero-order valence-corrected chi connectivity index (χ0v) is 35.7. The van der Waals surface area contributed by atoms with Crippen LogP contribution in [0.15, 0.2) is 60.7 Å². The molecule has 2 heterocycles. The summed E-state index contributed by atoms with van der Waals surface area (Å²) in [5.74, 6) is -9.58. The van der Waals surface area contributed by atoms with E-state index in [1.54, 1.807) is 30.3 Å². The molecule has 2 fully saturated rings. The number of ether oxygens (including phenoxy) is 1. The number of hydrogen-bond donors (Lipinski definition) is 7. The molecular formula is C44H57N7O12. The summed E-state index contributed by atoms with van der Waals surface area (Å²) < 4.78 is 5.35. The lowest BCUT2D eigenvalue weighted by molar-refractivity contribution is -0.159. The number of fused-ring (bicyclic) bond motifs is 1. The van der Waals surface area contributed by atoms with Crippen LogP contribution in [0.4, 0.5) is 0 Å². The van der Waals surface area contributed by atoms with E-state index in [9.17, 15) is 53.1 Å². The highest BCUT2D eigenvalue weighted by Crippen LogP contribution is 2.24. The average Bonchev–Trinajstić information content (AvgIpc) is 3.25. The molecule has 0 bridgehead atoms. The lowest BCUT2D eigenvalue weighted by atomic mass is 9.87. The van der Waals surface area contributed by atoms with E-state index in [0.29, 0.717) is 24.8 Å². The number of aryl methyl sites for hydroxylation is 1. The normalized spacial score (nSPS) is 24.8. The Morgan fingerprint density at radius 2 is 1.37 bits per heavy atom. The number of carboxylic acid groups (broad SMARTS) is 1. The van der Waals surface area contributed by atoms with Gasteiger partial charge in [-0.05, 0) is 70.4 Å². The average molecular weight is 876 g/mol. The van der Waals surface area contributed by atoms with Crippen molar-refractivity contribution in [3.05, 3.63) is 71.8 Å². The minimum absolute atomic E-state index is 0.0761. The first-order valence-electron chi connectivity index (χ1n) is 21.0. The summed E-state index contributed by atoms with van der Waals surface area (Å²) in [5, 5.41) is 22.4. The van der Waals surface area contributed by atoms with Crippen molar-refractivity contribution in [3.63, 3.8) is 0 Å². The van der Waals surface area contributed by atoms with E-state index in [2.05, 4.69) is 26.6 Å². The number of cyclic esters (lactones) is 1. The highest BCUT2D eigenvalue weighted by atomic mass is 16.5. The van der Waals surface area contributed by atoms with Crippen molar-refractivity contribution in [3.8, 4) is 0 Å². The van der Waals surface area contributed by atoms with Crippen molar-refractivity contribution in [1.82, 2.24) is 31.5 Å². The van der Waals surface area contributed by atoms with Crippen LogP contribution in [-0.2, 0) is 65.5 Å². The molecule has 2 aliphatic heterocycles. The lowest BCUT2D eigenvalue weighted by Gasteiger charge is -2.36. The Labute approximate surface area is 365 Å². The molecule has 8 N–H and O–H groups in total. The summed E-state index contributed by atoms with van der Waals surface area (Å²) in [6.45, 7) is 3.46. The zero-order chi connectivity index (χ0) is 46.3. The fourth-order valence-electron chi connectivity index (χ4n) is 7.21. The number of aliphatic carboxylic acids is 1. The van der Waals surface area contributed by atoms with Gasteiger partial charge in [0.05, 0.1) is 11.8 Å². The maximum absolute atomic E-state index is 14.1. The molecule has 2 aliphatic rings. The van der Waals surface area contributed by atoms with Gasteiger partial charge in [-0.3, -0.25) is 43.2 Å². The van der Waals surface area contributed by atoms with Crippen molar-refractivity contribution in [1.29, 1.82) is 0 Å². The standard InChI is InChI=1S/C44H57N7O12/c1-26-43(62)63-25-44(2,3)37(56)42(61)51-21-11-10-16-33(51)41(60)47-29(18-17-27-12-6-4-7-13-27)23-35(53)48-30(19-20-34(45)52)38(57)49-31(22-28-14-8-5-9-15-28)40(59)50-32(24-36(54)55)39(58)46-26/h4-9,12-15,26,29-33H,10-11,16-25H2,1-3H3,(H2,45,52)(H,46,58)(H,47,60)(H,48,53)(H,49,57)(H,50,59)(H,54,55)/t26-,29-,30?,31-,32+,33+/m1/s1. The topological polar surface area (TPSA) is 290 Å². The molecule has 4 rings (SSSR count). The van der Waals surface area contributed by atoms with Crippen LogP contribution in [0.25, 0.3) is 0 Å². The second kappa shape index (κ2) is 23.0. The highest BCUT2D eigenvalue weighted by molar-refractivity contribution is 6.38. The van der Waals surface area contributed by atoms with Crippen LogP contribution in [0.3, 0.4) is 0 Å². The van der Waals surface area contributed by atoms with Gasteiger partial charge in [0.15, 0.2) is 0 Å². The third-order valence-corrected chi connectivity index (χ3v) is 10.8. The van der Waals surface area contributed by atoms with Gasteiger partial charge in [0, 0.05) is 31.8 Å². The van der Waals surface area contributed by atoms with Gasteiger partial charge in [0.2, 0.25) is 41.2 Å². The Morgan fingerprint density at radius 3 is 2.00 bits per heavy atom. The summed E-state index contributed by atoms with van der Waals surface area (Å²) in [7, 11) is 0. The quantitative estimate of drug-likeness (QED) is 0.122. The number of nitrogens with one attached hydrogen (secondary N) is 5. The molecule has 19 nitrogen and oxygen atoms in total. The molecule has 0 radical (unpaired) electrons. The predicted molar refractivity (Wildman–Crippen MR) is 225 cm³/mol. The molecule has 0 aliphatic carbocycles. The fourth-order valence-corrected chi connectivity index (χ4v) is 7.21. The van der Waals surface area contributed by atoms with Crippen molar-refractivity contribution in [2.45, 2.75) is 121 Å². The van der Waals surface area contributed by atoms with Gasteiger partial charge in [0.25, 0.3) is 5.91 Å². The van der Waals surface area contributed by atoms with E-state index < -0.39 is 114 Å². The third-order valence-electron chi connectivity index (χ3n) is 10.8. The van der Waals surface area contributed by atoms with Gasteiger partial charge in [-0.25, -0.2) is 4.79 Å². The number of carbonyl (C=O) groups is 10. The van der Waals surface area contributed by atoms with Crippen molar-refractivity contribution in [2.75, 3.05) is 13.2 Å². The van der Waals surface area contributed by atoms with Gasteiger partial charge in [-0.15, -0.1) is 0 Å². The highest BCUT2D eigenvalue weighted by Gasteiger charge is 2.42. The minimum atomic E-state index is -1.77. The molecule has 0 aromatic heterocycles. The number of carboxylic acids is 1. The van der Waals surface area contributed by atoms with Crippen LogP contribution < -0.4 is 32.3 Å². The largest absolute Gasteiger partial charge is 0.481 e. The number of nitrogens with two attached hydrogens (primary N) is 1. The molecule has 1 unspecified atom stereocenters. The number of hydrogen-bond acceptors (Lipinski definition) is 11. The van der Waals surface area contributed by atoms with Gasteiger partial charge >= 0.3 is 11.9 Å². The maximum atomic E-state index is 14.1. The minimum Gasteiger partial charge on any atom is -0.481 e. The predicted octanol–water partition coefficient (Wildman–Crippen LogP) is -0.0307. The van der Waals surface area contributed by atoms with Crippen LogP contribution in [0.2, 0.25) is 0 Å². The van der Waals surface area contributed by atoms with E-state index in [0.717, 1.165) is 5.56 Å². The summed E-state index contributed by atoms with van der Waals surface area (Å²) in [4.78, 5) is 135. The number of primary amides is 1. The van der Waals surface area contributed by atoms with Gasteiger partial charge in [-0.1, -0.05) is 60.7 Å². The number of esters is 1. The Balaban J connectivity index is 1.73. The molecule has 6 atom stereocenters. The summed E-state index contributed by atoms with van der Waals surface area (Å²) in [5.41, 5.74) is 5.28. The lowest BCUT2D eigenvalue weighted by Crippen LogP contribution is -2.59. The van der Waals surface area contributed by atoms with Crippen molar-refractivity contribution < 1.29 is 57.8 Å². The van der Waals surface area contributed by atoms with E-state index in [1.165, 1.54) is 25.7 Å². The van der Waals surface area contributed by atoms with Crippen LogP contribution >= 0.6 is 0 Å². The number of rotatable bonds is 10. The summed E-state index contributed by atoms with van der Waals surface area (Å²) in [6.07, 6.45) is -0.197. The van der Waals surface area contributed by atoms with Gasteiger partial charge < -0.3 is 47.1 Å². The van der Waals surface area contributed by atoms with Gasteiger partial charge in [-0.2, -0.15) is 0 Å². The fraction of sp³-hybridized carbons (Fsp3) is 0.500. The van der Waals surface area contributed by atoms with Crippen LogP contribution in [0, 0.1) is 5.41 Å². The molecule has 19 heteroatoms. The Kier molecular flexibility index (Phi) is 17.9. The summed E-state index contributed by atoms with van der Waals surface area (Å²) in [6, 6.07) is 9.59. The molecule has 63 heavy (non-hydrogen) atoms. The van der Waals surface area contributed by atoms with E-state index in [1.807, 2.05) is 30.3 Å². The van der Waals surface area contributed by atoms with E-state index in [4.69, 9.17) is 10.5 Å². The second-order valence-electron chi connectivity index (χ2n) is 16.5. The Hall–Kier alpha value is -6.66. The first-order valence-corrected chi connectivity index (χ1v) is 21.0. The molecule has 2 aromatic carbocycles. The first kappa shape index (κ1) is 49.0. The zero-order valence-electron chi connectivity index (χ0n) is 35.7. The SMILES string of the molecule is C[C@H]1NC(=O)[C@H](CC(=O)O)NC(=O)[C@@H](Cc2ccccc2)NC(=O)C(CCC(N)=O)NC(=O)C[C@@H](CCc2ccccc2)NC(=O)[C@@H]2CCCCN2C(=O)C(=O)C(C)(C)COC1=O. The summed E-state index contributed by atoms with van der Waals surface area (Å²) >= 11 is 0. The molecule has 0 saturated carbocycles. The molecule has 0 spiro atoms. The number of nitrogens with zero attached hydrogens (tertiary/aromatic N) is 1. The number of ketones is 1. The smallest absolute Gasteiger partial charge is 0.328 e. The van der Waals surface area contributed by atoms with Crippen LogP contribution in [0.5, 0.6) is 0 Å². The molecule has 2 saturated heterocycles. The Bertz CT molecular complexity index is 2010.